The third kappa shape index (κ3) is 9.16. The second kappa shape index (κ2) is 13.8. The van der Waals surface area contributed by atoms with Crippen molar-refractivity contribution in [2.24, 2.45) is 4.99 Å². The molecule has 0 fully saturated rings. The van der Waals surface area contributed by atoms with Crippen molar-refractivity contribution >= 4 is 29.9 Å². The van der Waals surface area contributed by atoms with Crippen LogP contribution in [0.5, 0.6) is 17.2 Å². The van der Waals surface area contributed by atoms with Crippen LogP contribution in [0.1, 0.15) is 12.0 Å². The minimum absolute atomic E-state index is 0. The quantitative estimate of drug-likeness (QED) is 0.214. The van der Waals surface area contributed by atoms with Gasteiger partial charge in [0.15, 0.2) is 5.96 Å². The van der Waals surface area contributed by atoms with Crippen molar-refractivity contribution < 1.29 is 23.0 Å². The Balaban J connectivity index is 0.00000420. The summed E-state index contributed by atoms with van der Waals surface area (Å²) in [6, 6.07) is 14.4. The topological polar surface area (TPSA) is 64.1 Å². The van der Waals surface area contributed by atoms with Crippen molar-refractivity contribution in [3.63, 3.8) is 0 Å². The molecule has 0 radical (unpaired) electrons. The third-order valence-corrected chi connectivity index (χ3v) is 3.79. The first-order valence-electron chi connectivity index (χ1n) is 8.86. The Morgan fingerprint density at radius 3 is 2.48 bits per heavy atom. The minimum Gasteiger partial charge on any atom is -0.497 e. The summed E-state index contributed by atoms with van der Waals surface area (Å²) in [4.78, 5) is 4.12. The summed E-state index contributed by atoms with van der Waals surface area (Å²) >= 11 is 0. The fraction of sp³-hybridized carbons (Fsp3) is 0.350. The van der Waals surface area contributed by atoms with Gasteiger partial charge in [-0.1, -0.05) is 18.2 Å². The molecule has 9 heteroatoms. The number of ether oxygens (including phenoxy) is 3. The van der Waals surface area contributed by atoms with E-state index >= 15 is 0 Å². The van der Waals surface area contributed by atoms with Gasteiger partial charge < -0.3 is 24.8 Å². The lowest BCUT2D eigenvalue weighted by molar-refractivity contribution is -0.0505. The Hall–Kier alpha value is -2.30. The maximum Gasteiger partial charge on any atom is 0.387 e. The molecule has 0 aromatic heterocycles. The molecule has 29 heavy (non-hydrogen) atoms. The summed E-state index contributed by atoms with van der Waals surface area (Å²) in [5.41, 5.74) is 0.566. The lowest BCUT2D eigenvalue weighted by Crippen LogP contribution is -2.37. The Bertz CT molecular complexity index is 749. The number of aliphatic imine (C=N–C) groups is 1. The average Bonchev–Trinajstić information content (AvgIpc) is 2.71. The zero-order chi connectivity index (χ0) is 20.2. The van der Waals surface area contributed by atoms with Gasteiger partial charge in [0.05, 0.1) is 13.7 Å². The highest BCUT2D eigenvalue weighted by atomic mass is 127. The molecule has 0 aliphatic carbocycles. The fourth-order valence-electron chi connectivity index (χ4n) is 2.40. The van der Waals surface area contributed by atoms with Gasteiger partial charge in [0.1, 0.15) is 17.2 Å². The predicted octanol–water partition coefficient (Wildman–Crippen LogP) is 4.05. The Morgan fingerprint density at radius 2 is 1.83 bits per heavy atom. The standard InChI is InChI=1S/C20H25F2N3O3.HI/c1-23-20(24-11-6-12-27-16-7-4-3-5-8-16)25-14-15-9-10-17(26-2)13-18(15)28-19(21)22;/h3-5,7-10,13,19H,6,11-12,14H2,1-2H3,(H2,23,24,25);1H. The van der Waals surface area contributed by atoms with E-state index in [1.165, 1.54) is 13.2 Å². The molecular weight excluding hydrogens is 495 g/mol. The maximum absolute atomic E-state index is 12.6. The Labute approximate surface area is 186 Å². The van der Waals surface area contributed by atoms with Crippen molar-refractivity contribution in [3.05, 3.63) is 54.1 Å². The molecule has 0 saturated heterocycles. The van der Waals surface area contributed by atoms with E-state index in [0.29, 0.717) is 30.4 Å². The van der Waals surface area contributed by atoms with Crippen LogP contribution in [0.25, 0.3) is 0 Å². The average molecular weight is 521 g/mol. The van der Waals surface area contributed by atoms with E-state index in [1.807, 2.05) is 30.3 Å². The number of hydrogen-bond donors (Lipinski definition) is 2. The SMILES string of the molecule is CN=C(NCCCOc1ccccc1)NCc1ccc(OC)cc1OC(F)F.I. The van der Waals surface area contributed by atoms with Crippen LogP contribution >= 0.6 is 24.0 Å². The van der Waals surface area contributed by atoms with Crippen molar-refractivity contribution in [2.45, 2.75) is 19.6 Å². The van der Waals surface area contributed by atoms with Crippen molar-refractivity contribution in [1.29, 1.82) is 0 Å². The van der Waals surface area contributed by atoms with Gasteiger partial charge in [-0.25, -0.2) is 0 Å². The van der Waals surface area contributed by atoms with Crippen molar-refractivity contribution in [2.75, 3.05) is 27.3 Å². The molecule has 0 spiro atoms. The van der Waals surface area contributed by atoms with Crippen molar-refractivity contribution in [3.8, 4) is 17.2 Å². The zero-order valence-electron chi connectivity index (χ0n) is 16.4. The monoisotopic (exact) mass is 521 g/mol. The van der Waals surface area contributed by atoms with Gasteiger partial charge in [-0.2, -0.15) is 8.78 Å². The van der Waals surface area contributed by atoms with Gasteiger partial charge in [0, 0.05) is 31.8 Å². The minimum atomic E-state index is -2.91. The maximum atomic E-state index is 12.6. The van der Waals surface area contributed by atoms with Crippen LogP contribution in [0.4, 0.5) is 8.78 Å². The van der Waals surface area contributed by atoms with E-state index < -0.39 is 6.61 Å². The molecule has 2 rings (SSSR count). The Morgan fingerprint density at radius 1 is 1.07 bits per heavy atom. The zero-order valence-corrected chi connectivity index (χ0v) is 18.7. The van der Waals surface area contributed by atoms with Gasteiger partial charge in [0.25, 0.3) is 0 Å². The number of benzene rings is 2. The summed E-state index contributed by atoms with van der Waals surface area (Å²) in [7, 11) is 3.10. The summed E-state index contributed by atoms with van der Waals surface area (Å²) < 4.78 is 40.5. The molecule has 160 valence electrons. The van der Waals surface area contributed by atoms with Crippen LogP contribution in [-0.2, 0) is 6.54 Å². The van der Waals surface area contributed by atoms with E-state index in [1.54, 1.807) is 19.2 Å². The van der Waals surface area contributed by atoms with Gasteiger partial charge in [-0.3, -0.25) is 4.99 Å². The summed E-state index contributed by atoms with van der Waals surface area (Å²) in [5, 5.41) is 6.23. The van der Waals surface area contributed by atoms with Crippen LogP contribution in [-0.4, -0.2) is 39.9 Å². The molecule has 0 bridgehead atoms. The number of para-hydroxylation sites is 1. The number of rotatable bonds is 10. The van der Waals surface area contributed by atoms with E-state index in [-0.39, 0.29) is 36.3 Å². The van der Waals surface area contributed by atoms with Gasteiger partial charge in [-0.05, 0) is 30.7 Å². The number of halogens is 3. The van der Waals surface area contributed by atoms with E-state index in [0.717, 1.165) is 12.2 Å². The Kier molecular flexibility index (Phi) is 11.8. The lowest BCUT2D eigenvalue weighted by atomic mass is 10.2. The van der Waals surface area contributed by atoms with Crippen LogP contribution in [0.2, 0.25) is 0 Å². The molecule has 0 aliphatic heterocycles. The van der Waals surface area contributed by atoms with Crippen LogP contribution in [0.3, 0.4) is 0 Å². The van der Waals surface area contributed by atoms with Gasteiger partial charge in [-0.15, -0.1) is 24.0 Å². The molecular formula is C20H26F2IN3O3. The smallest absolute Gasteiger partial charge is 0.387 e. The number of nitrogens with zero attached hydrogens (tertiary/aromatic N) is 1. The molecule has 6 nitrogen and oxygen atoms in total. The highest BCUT2D eigenvalue weighted by molar-refractivity contribution is 14.0. The van der Waals surface area contributed by atoms with E-state index in [9.17, 15) is 8.78 Å². The molecule has 0 aliphatic rings. The highest BCUT2D eigenvalue weighted by Crippen LogP contribution is 2.26. The second-order valence-corrected chi connectivity index (χ2v) is 5.72. The first-order valence-corrected chi connectivity index (χ1v) is 8.86. The van der Waals surface area contributed by atoms with Crippen LogP contribution in [0, 0.1) is 0 Å². The van der Waals surface area contributed by atoms with Gasteiger partial charge in [0.2, 0.25) is 0 Å². The molecule has 2 aromatic carbocycles. The molecule has 0 unspecified atom stereocenters. The third-order valence-electron chi connectivity index (χ3n) is 3.79. The van der Waals surface area contributed by atoms with E-state index in [4.69, 9.17) is 9.47 Å². The molecule has 0 atom stereocenters. The molecule has 2 aromatic rings. The molecule has 2 N–H and O–H groups in total. The highest BCUT2D eigenvalue weighted by Gasteiger charge is 2.11. The number of nitrogens with one attached hydrogen (secondary N) is 2. The fourth-order valence-corrected chi connectivity index (χ4v) is 2.40. The van der Waals surface area contributed by atoms with Crippen molar-refractivity contribution in [1.82, 2.24) is 10.6 Å². The summed E-state index contributed by atoms with van der Waals surface area (Å²) in [5.74, 6) is 1.89. The van der Waals surface area contributed by atoms with E-state index in [2.05, 4.69) is 20.4 Å². The molecule has 0 amide bonds. The lowest BCUT2D eigenvalue weighted by Gasteiger charge is -2.15. The number of guanidine groups is 1. The normalized spacial score (nSPS) is 10.9. The number of methoxy groups -OCH3 is 1. The molecule has 0 saturated carbocycles. The largest absolute Gasteiger partial charge is 0.497 e. The predicted molar refractivity (Wildman–Crippen MR) is 120 cm³/mol. The number of alkyl halides is 2. The summed E-state index contributed by atoms with van der Waals surface area (Å²) in [6.07, 6.45) is 0.776. The first kappa shape index (κ1) is 24.7. The number of hydrogen-bond acceptors (Lipinski definition) is 4. The van der Waals surface area contributed by atoms with Crippen LogP contribution < -0.4 is 24.8 Å². The second-order valence-electron chi connectivity index (χ2n) is 5.72. The first-order chi connectivity index (χ1) is 13.6. The molecule has 0 heterocycles. The summed E-state index contributed by atoms with van der Waals surface area (Å²) in [6.45, 7) is -1.42. The van der Waals surface area contributed by atoms with Crippen LogP contribution in [0.15, 0.2) is 53.5 Å². The van der Waals surface area contributed by atoms with Gasteiger partial charge >= 0.3 is 6.61 Å².